The summed E-state index contributed by atoms with van der Waals surface area (Å²) in [6.45, 7) is 3.82. The molecule has 0 saturated carbocycles. The lowest BCUT2D eigenvalue weighted by atomic mass is 9.95. The third kappa shape index (κ3) is 1.89. The van der Waals surface area contributed by atoms with Crippen molar-refractivity contribution in [2.75, 3.05) is 0 Å². The van der Waals surface area contributed by atoms with Gasteiger partial charge in [0.25, 0.3) is 0 Å². The summed E-state index contributed by atoms with van der Waals surface area (Å²) in [6.07, 6.45) is 0.557. The molecule has 2 rings (SSSR count). The molecular weight excluding hydrogens is 270 g/mol. The van der Waals surface area contributed by atoms with Crippen molar-refractivity contribution in [3.8, 4) is 0 Å². The molecule has 3 nitrogen and oxygen atoms in total. The minimum absolute atomic E-state index is 0.342. The first kappa shape index (κ1) is 11.3. The summed E-state index contributed by atoms with van der Waals surface area (Å²) < 4.78 is -0.789. The van der Waals surface area contributed by atoms with Crippen LogP contribution in [0.5, 0.6) is 0 Å². The lowest BCUT2D eigenvalue weighted by molar-refractivity contribution is -0.141. The second-order valence-electron chi connectivity index (χ2n) is 4.02. The fourth-order valence-corrected chi connectivity index (χ4v) is 2.06. The van der Waals surface area contributed by atoms with Crippen LogP contribution in [0.3, 0.4) is 0 Å². The topological polar surface area (TPSA) is 38.7 Å². The molecule has 0 amide bonds. The highest BCUT2D eigenvalue weighted by Gasteiger charge is 2.45. The lowest BCUT2D eigenvalue weighted by Crippen LogP contribution is -2.37. The van der Waals surface area contributed by atoms with Gasteiger partial charge in [0.05, 0.1) is 5.71 Å². The van der Waals surface area contributed by atoms with Crippen LogP contribution in [-0.4, -0.2) is 16.0 Å². The molecule has 0 aromatic heterocycles. The van der Waals surface area contributed by atoms with E-state index < -0.39 is 4.32 Å². The van der Waals surface area contributed by atoms with E-state index in [1.54, 1.807) is 6.92 Å². The summed E-state index contributed by atoms with van der Waals surface area (Å²) in [5, 5.41) is 3.70. The number of rotatable bonds is 2. The zero-order chi connectivity index (χ0) is 11.8. The van der Waals surface area contributed by atoms with Crippen LogP contribution in [0.25, 0.3) is 0 Å². The van der Waals surface area contributed by atoms with E-state index in [2.05, 4.69) is 25.9 Å². The van der Waals surface area contributed by atoms with E-state index in [4.69, 9.17) is 0 Å². The van der Waals surface area contributed by atoms with Gasteiger partial charge in [-0.1, -0.05) is 50.9 Å². The number of benzene rings is 1. The zero-order valence-corrected chi connectivity index (χ0v) is 10.7. The Morgan fingerprint density at radius 2 is 1.94 bits per heavy atom. The molecule has 1 aromatic rings. The molecule has 4 heteroatoms. The van der Waals surface area contributed by atoms with Crippen LogP contribution in [-0.2, 0) is 16.1 Å². The Balaban J connectivity index is 2.24. The highest BCUT2D eigenvalue weighted by atomic mass is 79.9. The van der Waals surface area contributed by atoms with Crippen molar-refractivity contribution in [2.45, 2.75) is 24.6 Å². The monoisotopic (exact) mass is 281 g/mol. The van der Waals surface area contributed by atoms with E-state index >= 15 is 0 Å². The summed E-state index contributed by atoms with van der Waals surface area (Å²) in [4.78, 5) is 16.3. The minimum atomic E-state index is -0.789. The van der Waals surface area contributed by atoms with Crippen molar-refractivity contribution in [1.82, 2.24) is 0 Å². The first-order chi connectivity index (χ1) is 7.52. The Morgan fingerprint density at radius 1 is 1.31 bits per heavy atom. The number of nitrogens with zero attached hydrogens (tertiary/aromatic N) is 1. The van der Waals surface area contributed by atoms with Crippen molar-refractivity contribution >= 4 is 27.6 Å². The van der Waals surface area contributed by atoms with Crippen LogP contribution in [0.1, 0.15) is 18.1 Å². The molecule has 0 fully saturated rings. The highest BCUT2D eigenvalue weighted by molar-refractivity contribution is 9.10. The second-order valence-corrected chi connectivity index (χ2v) is 5.37. The summed E-state index contributed by atoms with van der Waals surface area (Å²) in [5.74, 6) is -0.342. The number of alkyl halides is 1. The zero-order valence-electron chi connectivity index (χ0n) is 9.16. The van der Waals surface area contributed by atoms with E-state index in [0.29, 0.717) is 12.1 Å². The minimum Gasteiger partial charge on any atom is -0.316 e. The third-order valence-corrected chi connectivity index (χ3v) is 3.91. The van der Waals surface area contributed by atoms with E-state index in [9.17, 15) is 4.79 Å². The smallest absolute Gasteiger partial charge is 0.316 e. The third-order valence-electron chi connectivity index (χ3n) is 2.73. The first-order valence-corrected chi connectivity index (χ1v) is 5.82. The molecule has 84 valence electrons. The molecule has 0 radical (unpaired) electrons. The molecule has 0 spiro atoms. The van der Waals surface area contributed by atoms with Gasteiger partial charge in [0.2, 0.25) is 0 Å². The van der Waals surface area contributed by atoms with Crippen molar-refractivity contribution in [3.63, 3.8) is 0 Å². The van der Waals surface area contributed by atoms with Crippen LogP contribution in [0.4, 0.5) is 0 Å². The van der Waals surface area contributed by atoms with E-state index in [1.165, 1.54) is 5.56 Å². The Morgan fingerprint density at radius 3 is 2.44 bits per heavy atom. The molecule has 1 unspecified atom stereocenters. The molecule has 16 heavy (non-hydrogen) atoms. The van der Waals surface area contributed by atoms with Crippen molar-refractivity contribution in [2.24, 2.45) is 5.16 Å². The Hall–Kier alpha value is -1.16. The first-order valence-electron chi connectivity index (χ1n) is 5.03. The summed E-state index contributed by atoms with van der Waals surface area (Å²) >= 11 is 3.43. The fraction of sp³-hybridized carbons (Fsp3) is 0.333. The van der Waals surface area contributed by atoms with Crippen LogP contribution in [0.15, 0.2) is 29.4 Å². The van der Waals surface area contributed by atoms with E-state index in [-0.39, 0.29) is 5.97 Å². The summed E-state index contributed by atoms with van der Waals surface area (Å²) in [7, 11) is 0. The van der Waals surface area contributed by atoms with Gasteiger partial charge in [-0.3, -0.25) is 0 Å². The molecule has 1 aliphatic heterocycles. The quantitative estimate of drug-likeness (QED) is 0.617. The summed E-state index contributed by atoms with van der Waals surface area (Å²) in [5.41, 5.74) is 2.95. The molecule has 1 aromatic carbocycles. The number of carbonyl (C=O) groups excluding carboxylic acids is 1. The van der Waals surface area contributed by atoms with Crippen LogP contribution in [0, 0.1) is 6.92 Å². The molecule has 0 saturated heterocycles. The lowest BCUT2D eigenvalue weighted by Gasteiger charge is -2.17. The van der Waals surface area contributed by atoms with Gasteiger partial charge in [-0.05, 0) is 19.4 Å². The van der Waals surface area contributed by atoms with Gasteiger partial charge in [-0.15, -0.1) is 0 Å². The molecule has 0 N–H and O–H groups in total. The number of aryl methyl sites for hydroxylation is 1. The second kappa shape index (κ2) is 4.01. The molecule has 0 aliphatic carbocycles. The van der Waals surface area contributed by atoms with Gasteiger partial charge < -0.3 is 4.84 Å². The largest absolute Gasteiger partial charge is 0.357 e. The van der Waals surface area contributed by atoms with Gasteiger partial charge in [-0.2, -0.15) is 0 Å². The standard InChI is InChI=1S/C12H12BrNO2/c1-8-3-5-10(6-4-8)7-12(13)9(2)14-16-11(12)15/h3-6H,7H2,1-2H3. The number of hydrogen-bond acceptors (Lipinski definition) is 3. The maximum absolute atomic E-state index is 11.6. The van der Waals surface area contributed by atoms with Gasteiger partial charge >= 0.3 is 5.97 Å². The predicted molar refractivity (Wildman–Crippen MR) is 65.7 cm³/mol. The number of oxime groups is 1. The summed E-state index contributed by atoms with van der Waals surface area (Å²) in [6, 6.07) is 8.07. The van der Waals surface area contributed by atoms with Crippen molar-refractivity contribution < 1.29 is 9.63 Å². The molecule has 1 aliphatic rings. The van der Waals surface area contributed by atoms with Gasteiger partial charge in [0.1, 0.15) is 0 Å². The fourth-order valence-electron chi connectivity index (χ4n) is 1.59. The Bertz CT molecular complexity index is 453. The van der Waals surface area contributed by atoms with Crippen LogP contribution >= 0.6 is 15.9 Å². The maximum atomic E-state index is 11.6. The molecular formula is C12H12BrNO2. The predicted octanol–water partition coefficient (Wildman–Crippen LogP) is 2.60. The maximum Gasteiger partial charge on any atom is 0.357 e. The molecule has 0 bridgehead atoms. The molecule has 1 atom stereocenters. The number of carbonyl (C=O) groups is 1. The number of halogens is 1. The van der Waals surface area contributed by atoms with E-state index in [0.717, 1.165) is 5.56 Å². The average Bonchev–Trinajstić information content (AvgIpc) is 2.50. The average molecular weight is 282 g/mol. The molecule has 1 heterocycles. The van der Waals surface area contributed by atoms with Crippen molar-refractivity contribution in [3.05, 3.63) is 35.4 Å². The van der Waals surface area contributed by atoms with Gasteiger partial charge in [0, 0.05) is 6.42 Å². The van der Waals surface area contributed by atoms with Gasteiger partial charge in [-0.25, -0.2) is 4.79 Å². The van der Waals surface area contributed by atoms with Crippen LogP contribution < -0.4 is 0 Å². The Labute approximate surface area is 103 Å². The SMILES string of the molecule is CC1=NOC(=O)C1(Br)Cc1ccc(C)cc1. The highest BCUT2D eigenvalue weighted by Crippen LogP contribution is 2.31. The van der Waals surface area contributed by atoms with Gasteiger partial charge in [0.15, 0.2) is 4.32 Å². The number of hydrogen-bond donors (Lipinski definition) is 0. The van der Waals surface area contributed by atoms with E-state index in [1.807, 2.05) is 31.2 Å². The Kier molecular flexibility index (Phi) is 2.84. The van der Waals surface area contributed by atoms with Crippen molar-refractivity contribution in [1.29, 1.82) is 0 Å². The normalized spacial score (nSPS) is 24.2. The van der Waals surface area contributed by atoms with Crippen LogP contribution in [0.2, 0.25) is 0 Å².